The van der Waals surface area contributed by atoms with Crippen LogP contribution in [0.15, 0.2) is 0 Å². The molecule has 0 aliphatic carbocycles. The maximum atomic E-state index is 12.1. The normalized spacial score (nSPS) is 11.9. The second-order valence-corrected chi connectivity index (χ2v) is 12.5. The largest absolute Gasteiger partial charge is 0.462 e. The molecule has 0 aromatic carbocycles. The molecule has 0 bridgehead atoms. The van der Waals surface area contributed by atoms with Crippen molar-refractivity contribution >= 4 is 28.8 Å². The van der Waals surface area contributed by atoms with Crippen molar-refractivity contribution in [2.24, 2.45) is 0 Å². The van der Waals surface area contributed by atoms with Gasteiger partial charge in [-0.25, -0.2) is 0 Å². The highest BCUT2D eigenvalue weighted by Gasteiger charge is 2.16. The first kappa shape index (κ1) is 38.9. The Labute approximate surface area is 250 Å². The van der Waals surface area contributed by atoms with Gasteiger partial charge in [0.1, 0.15) is 6.61 Å². The Morgan fingerprint density at radius 2 is 1.00 bits per heavy atom. The van der Waals surface area contributed by atoms with Crippen molar-refractivity contribution in [3.05, 3.63) is 0 Å². The van der Waals surface area contributed by atoms with Crippen LogP contribution in [0.25, 0.3) is 0 Å². The molecule has 40 heavy (non-hydrogen) atoms. The predicted molar refractivity (Wildman–Crippen MR) is 168 cm³/mol. The predicted octanol–water partition coefficient (Wildman–Crippen LogP) is 9.10. The van der Waals surface area contributed by atoms with Crippen molar-refractivity contribution in [2.75, 3.05) is 19.0 Å². The molecule has 0 heterocycles. The van der Waals surface area contributed by atoms with Crippen molar-refractivity contribution in [3.8, 4) is 0 Å². The van der Waals surface area contributed by atoms with E-state index in [1.54, 1.807) is 6.92 Å². The lowest BCUT2D eigenvalue weighted by molar-refractivity contribution is -0.161. The van der Waals surface area contributed by atoms with Crippen LogP contribution in [-0.4, -0.2) is 47.2 Å². The maximum Gasteiger partial charge on any atom is 0.306 e. The van der Waals surface area contributed by atoms with E-state index in [9.17, 15) is 19.5 Å². The number of hydrogen-bond donors (Lipinski definition) is 1. The van der Waals surface area contributed by atoms with E-state index in [0.717, 1.165) is 50.7 Å². The van der Waals surface area contributed by atoms with Gasteiger partial charge in [0.2, 0.25) is 0 Å². The van der Waals surface area contributed by atoms with E-state index in [1.165, 1.54) is 108 Å². The molecule has 0 fully saturated rings. The summed E-state index contributed by atoms with van der Waals surface area (Å²) >= 11 is 1.42. The van der Waals surface area contributed by atoms with Gasteiger partial charge in [0.25, 0.3) is 0 Å². The topological polar surface area (TPSA) is 89.9 Å². The van der Waals surface area contributed by atoms with Crippen molar-refractivity contribution in [1.29, 1.82) is 0 Å². The molecule has 0 amide bonds. The van der Waals surface area contributed by atoms with Crippen LogP contribution in [0.5, 0.6) is 0 Å². The Hall–Kier alpha value is -1.08. The molecule has 1 atom stereocenters. The van der Waals surface area contributed by atoms with Crippen LogP contribution in [-0.2, 0) is 23.9 Å². The Balaban J connectivity index is 3.54. The minimum absolute atomic E-state index is 0.0764. The molecule has 0 saturated carbocycles. The van der Waals surface area contributed by atoms with Crippen LogP contribution >= 0.6 is 11.8 Å². The van der Waals surface area contributed by atoms with Crippen LogP contribution in [0.4, 0.5) is 0 Å². The second-order valence-electron chi connectivity index (χ2n) is 11.2. The number of ether oxygens (including phenoxy) is 2. The number of aliphatic hydroxyl groups excluding tert-OH is 1. The van der Waals surface area contributed by atoms with Gasteiger partial charge in [-0.3, -0.25) is 14.4 Å². The fraction of sp³-hybridized carbons (Fsp3) is 0.909. The van der Waals surface area contributed by atoms with Crippen molar-refractivity contribution in [1.82, 2.24) is 0 Å². The minimum atomic E-state index is -0.776. The SMILES string of the molecule is CCCCCCCCCCCCCCC(=O)O[C@@H](CO)COC(=O)CCCCCCCCCCCCSC(C)=O. The number of thioether (sulfide) groups is 1. The summed E-state index contributed by atoms with van der Waals surface area (Å²) in [6.45, 7) is 3.46. The third-order valence-electron chi connectivity index (χ3n) is 7.25. The van der Waals surface area contributed by atoms with Gasteiger partial charge in [-0.2, -0.15) is 0 Å². The molecule has 0 unspecified atom stereocenters. The Kier molecular flexibility index (Phi) is 30.0. The highest BCUT2D eigenvalue weighted by atomic mass is 32.2. The molecule has 0 spiro atoms. The average Bonchev–Trinajstić information content (AvgIpc) is 2.93. The lowest BCUT2D eigenvalue weighted by Gasteiger charge is -2.15. The summed E-state index contributed by atoms with van der Waals surface area (Å²) < 4.78 is 10.5. The summed E-state index contributed by atoms with van der Waals surface area (Å²) in [4.78, 5) is 34.9. The lowest BCUT2D eigenvalue weighted by Crippen LogP contribution is -2.28. The lowest BCUT2D eigenvalue weighted by atomic mass is 10.0. The minimum Gasteiger partial charge on any atom is -0.462 e. The van der Waals surface area contributed by atoms with Gasteiger partial charge < -0.3 is 14.6 Å². The molecule has 236 valence electrons. The fourth-order valence-corrected chi connectivity index (χ4v) is 5.37. The van der Waals surface area contributed by atoms with Crippen LogP contribution in [0.3, 0.4) is 0 Å². The van der Waals surface area contributed by atoms with Gasteiger partial charge >= 0.3 is 11.9 Å². The van der Waals surface area contributed by atoms with Gasteiger partial charge in [-0.1, -0.05) is 141 Å². The molecular formula is C33H62O6S. The van der Waals surface area contributed by atoms with E-state index in [0.29, 0.717) is 12.8 Å². The van der Waals surface area contributed by atoms with Crippen LogP contribution < -0.4 is 0 Å². The van der Waals surface area contributed by atoms with Gasteiger partial charge in [0.15, 0.2) is 11.2 Å². The van der Waals surface area contributed by atoms with Gasteiger partial charge in [0, 0.05) is 25.5 Å². The summed E-state index contributed by atoms with van der Waals surface area (Å²) in [6, 6.07) is 0. The fourth-order valence-electron chi connectivity index (χ4n) is 4.74. The van der Waals surface area contributed by atoms with E-state index in [-0.39, 0.29) is 30.3 Å². The Morgan fingerprint density at radius 1 is 0.600 bits per heavy atom. The zero-order valence-electron chi connectivity index (χ0n) is 26.1. The molecule has 0 radical (unpaired) electrons. The van der Waals surface area contributed by atoms with E-state index in [1.807, 2.05) is 0 Å². The summed E-state index contributed by atoms with van der Waals surface area (Å²) in [6.07, 6.45) is 26.3. The monoisotopic (exact) mass is 586 g/mol. The quantitative estimate of drug-likeness (QED) is 0.0663. The van der Waals surface area contributed by atoms with E-state index in [2.05, 4.69) is 6.92 Å². The standard InChI is InChI=1S/C33H62O6S/c1-3-4-5-6-7-8-9-10-14-17-20-23-26-33(37)39-31(28-34)29-38-32(36)25-22-19-16-13-11-12-15-18-21-24-27-40-30(2)35/h31,34H,3-29H2,1-2H3/t31-/m0/s1. The Morgan fingerprint density at radius 3 is 1.43 bits per heavy atom. The summed E-state index contributed by atoms with van der Waals surface area (Å²) in [5.74, 6) is 0.329. The molecule has 6 nitrogen and oxygen atoms in total. The highest BCUT2D eigenvalue weighted by molar-refractivity contribution is 8.13. The van der Waals surface area contributed by atoms with Gasteiger partial charge in [-0.05, 0) is 19.3 Å². The summed E-state index contributed by atoms with van der Waals surface area (Å²) in [7, 11) is 0. The summed E-state index contributed by atoms with van der Waals surface area (Å²) in [5, 5.41) is 9.70. The van der Waals surface area contributed by atoms with Crippen molar-refractivity contribution < 1.29 is 29.0 Å². The van der Waals surface area contributed by atoms with Gasteiger partial charge in [-0.15, -0.1) is 0 Å². The van der Waals surface area contributed by atoms with E-state index < -0.39 is 6.10 Å². The van der Waals surface area contributed by atoms with E-state index in [4.69, 9.17) is 9.47 Å². The summed E-state index contributed by atoms with van der Waals surface area (Å²) in [5.41, 5.74) is 0. The third-order valence-corrected chi connectivity index (χ3v) is 8.15. The number of esters is 2. The van der Waals surface area contributed by atoms with Crippen molar-refractivity contribution in [3.63, 3.8) is 0 Å². The number of carbonyl (C=O) groups excluding carboxylic acids is 3. The third kappa shape index (κ3) is 29.9. The number of unbranched alkanes of at least 4 members (excludes halogenated alkanes) is 20. The zero-order chi connectivity index (χ0) is 29.5. The van der Waals surface area contributed by atoms with Crippen LogP contribution in [0, 0.1) is 0 Å². The first-order chi connectivity index (χ1) is 19.5. The molecule has 0 saturated heterocycles. The zero-order valence-corrected chi connectivity index (χ0v) is 26.9. The van der Waals surface area contributed by atoms with Crippen LogP contribution in [0.1, 0.15) is 168 Å². The first-order valence-corrected chi connectivity index (χ1v) is 17.6. The smallest absolute Gasteiger partial charge is 0.306 e. The highest BCUT2D eigenvalue weighted by Crippen LogP contribution is 2.15. The second kappa shape index (κ2) is 30.9. The molecule has 0 aromatic rings. The van der Waals surface area contributed by atoms with Crippen LogP contribution in [0.2, 0.25) is 0 Å². The molecule has 1 N–H and O–H groups in total. The molecular weight excluding hydrogens is 524 g/mol. The molecule has 0 aromatic heterocycles. The maximum absolute atomic E-state index is 12.1. The first-order valence-electron chi connectivity index (χ1n) is 16.6. The number of carbonyl (C=O) groups is 3. The van der Waals surface area contributed by atoms with Gasteiger partial charge in [0.05, 0.1) is 6.61 Å². The Bertz CT molecular complexity index is 597. The number of aliphatic hydroxyl groups is 1. The van der Waals surface area contributed by atoms with Crippen molar-refractivity contribution in [2.45, 2.75) is 174 Å². The molecule has 0 rings (SSSR count). The van der Waals surface area contributed by atoms with E-state index >= 15 is 0 Å². The number of rotatable bonds is 30. The average molecular weight is 587 g/mol. The number of hydrogen-bond acceptors (Lipinski definition) is 7. The molecule has 0 aliphatic rings. The molecule has 7 heteroatoms. The molecule has 0 aliphatic heterocycles.